The van der Waals surface area contributed by atoms with Crippen LogP contribution in [0.25, 0.3) is 11.2 Å². The summed E-state index contributed by atoms with van der Waals surface area (Å²) in [6, 6.07) is 11.7. The van der Waals surface area contributed by atoms with Crippen molar-refractivity contribution in [1.82, 2.24) is 18.7 Å². The largest absolute Gasteiger partial charge is 1.00 e. The van der Waals surface area contributed by atoms with Gasteiger partial charge in [-0.1, -0.05) is 12.1 Å². The van der Waals surface area contributed by atoms with E-state index in [-0.39, 0.29) is 28.2 Å². The quantitative estimate of drug-likeness (QED) is 0.322. The molecule has 0 saturated carbocycles. The van der Waals surface area contributed by atoms with Crippen LogP contribution in [-0.4, -0.2) is 18.7 Å². The second-order valence-electron chi connectivity index (χ2n) is 6.50. The van der Waals surface area contributed by atoms with Gasteiger partial charge in [0, 0.05) is 26.2 Å². The average Bonchev–Trinajstić information content (AvgIpc) is 3.15. The van der Waals surface area contributed by atoms with Gasteiger partial charge in [-0.15, -0.1) is 0 Å². The summed E-state index contributed by atoms with van der Waals surface area (Å²) in [7, 11) is 3.09. The highest BCUT2D eigenvalue weighted by Crippen LogP contribution is 2.08. The Bertz CT molecular complexity index is 1260. The van der Waals surface area contributed by atoms with E-state index in [9.17, 15) is 9.59 Å². The zero-order valence-electron chi connectivity index (χ0n) is 16.0. The molecule has 4 aromatic rings. The number of halogens is 1. The first kappa shape index (κ1) is 20.5. The summed E-state index contributed by atoms with van der Waals surface area (Å²) in [5.74, 6) is 1.79. The number of nitrogens with zero attached hydrogens (tertiary/aromatic N) is 5. The lowest BCUT2D eigenvalue weighted by molar-refractivity contribution is -0.684. The van der Waals surface area contributed by atoms with E-state index < -0.39 is 0 Å². The van der Waals surface area contributed by atoms with E-state index >= 15 is 0 Å². The van der Waals surface area contributed by atoms with Gasteiger partial charge in [-0.05, 0) is 12.1 Å². The highest BCUT2D eigenvalue weighted by atomic mass is 79.9. The lowest BCUT2D eigenvalue weighted by Gasteiger charge is -2.08. The van der Waals surface area contributed by atoms with Crippen LogP contribution in [-0.2, 0) is 27.2 Å². The summed E-state index contributed by atoms with van der Waals surface area (Å²) in [4.78, 5) is 32.1. The van der Waals surface area contributed by atoms with E-state index in [2.05, 4.69) is 19.9 Å². The monoisotopic (exact) mass is 458 g/mol. The van der Waals surface area contributed by atoms with Crippen molar-refractivity contribution in [2.24, 2.45) is 14.1 Å². The SMILES string of the molecule is Cn1c(=O)c2c(ncn2CC[n+]2ccccc2Nc2cccc[nH+]2)n(C)c1=O.[Br-]. The Labute approximate surface area is 176 Å². The van der Waals surface area contributed by atoms with Gasteiger partial charge in [-0.3, -0.25) is 13.9 Å². The van der Waals surface area contributed by atoms with Crippen LogP contribution in [0.1, 0.15) is 0 Å². The van der Waals surface area contributed by atoms with Crippen molar-refractivity contribution in [2.45, 2.75) is 13.1 Å². The number of nitrogens with one attached hydrogen (secondary N) is 2. The summed E-state index contributed by atoms with van der Waals surface area (Å²) < 4.78 is 6.34. The van der Waals surface area contributed by atoms with Gasteiger partial charge in [-0.25, -0.2) is 24.6 Å². The minimum absolute atomic E-state index is 0. The van der Waals surface area contributed by atoms with Crippen LogP contribution in [0, 0.1) is 0 Å². The first-order valence-corrected chi connectivity index (χ1v) is 8.89. The number of imidazole rings is 1. The van der Waals surface area contributed by atoms with Crippen LogP contribution >= 0.6 is 0 Å². The van der Waals surface area contributed by atoms with E-state index in [1.54, 1.807) is 17.9 Å². The van der Waals surface area contributed by atoms with E-state index in [0.29, 0.717) is 24.3 Å². The first-order valence-electron chi connectivity index (χ1n) is 8.89. The van der Waals surface area contributed by atoms with Crippen LogP contribution in [0.5, 0.6) is 0 Å². The number of hydrogen-bond donors (Lipinski definition) is 1. The number of H-pyrrole nitrogens is 1. The highest BCUT2D eigenvalue weighted by Gasteiger charge is 2.16. The summed E-state index contributed by atoms with van der Waals surface area (Å²) >= 11 is 0. The van der Waals surface area contributed by atoms with Crippen molar-refractivity contribution in [3.05, 3.63) is 76.0 Å². The number of pyridine rings is 2. The van der Waals surface area contributed by atoms with Crippen molar-refractivity contribution in [2.75, 3.05) is 5.32 Å². The highest BCUT2D eigenvalue weighted by molar-refractivity contribution is 5.69. The van der Waals surface area contributed by atoms with Gasteiger partial charge in [0.05, 0.1) is 25.3 Å². The smallest absolute Gasteiger partial charge is 0.332 e. The molecule has 0 fully saturated rings. The predicted molar refractivity (Wildman–Crippen MR) is 103 cm³/mol. The molecular formula is C19H21BrN7O2+. The topological polar surface area (TPSA) is 91.9 Å². The average molecular weight is 459 g/mol. The van der Waals surface area contributed by atoms with E-state index in [4.69, 9.17) is 0 Å². The molecule has 29 heavy (non-hydrogen) atoms. The van der Waals surface area contributed by atoms with E-state index in [1.165, 1.54) is 11.6 Å². The van der Waals surface area contributed by atoms with Crippen LogP contribution in [0.15, 0.2) is 64.7 Å². The number of hydrogen-bond acceptors (Lipinski definition) is 4. The molecule has 0 unspecified atom stereocenters. The van der Waals surface area contributed by atoms with Gasteiger partial charge in [0.2, 0.25) is 0 Å². The predicted octanol–water partition coefficient (Wildman–Crippen LogP) is -3.02. The fourth-order valence-electron chi connectivity index (χ4n) is 3.18. The van der Waals surface area contributed by atoms with Crippen LogP contribution < -0.4 is 43.1 Å². The maximum absolute atomic E-state index is 12.6. The normalized spacial score (nSPS) is 10.7. The van der Waals surface area contributed by atoms with Gasteiger partial charge in [0.15, 0.2) is 11.2 Å². The number of aromatic amines is 1. The molecule has 0 aromatic carbocycles. The number of fused-ring (bicyclic) bond motifs is 1. The number of anilines is 2. The van der Waals surface area contributed by atoms with Gasteiger partial charge in [-0.2, -0.15) is 0 Å². The van der Waals surface area contributed by atoms with Crippen LogP contribution in [0.3, 0.4) is 0 Å². The Morgan fingerprint density at radius 3 is 2.66 bits per heavy atom. The third-order valence-electron chi connectivity index (χ3n) is 4.71. The molecule has 0 radical (unpaired) electrons. The molecule has 0 aliphatic carbocycles. The van der Waals surface area contributed by atoms with E-state index in [0.717, 1.165) is 16.2 Å². The first-order chi connectivity index (χ1) is 13.6. The molecule has 0 bridgehead atoms. The summed E-state index contributed by atoms with van der Waals surface area (Å²) in [5.41, 5.74) is 0.0899. The zero-order chi connectivity index (χ0) is 19.7. The summed E-state index contributed by atoms with van der Waals surface area (Å²) in [5, 5.41) is 3.35. The Hall–Kier alpha value is -3.27. The molecule has 0 aliphatic heterocycles. The minimum Gasteiger partial charge on any atom is -1.00 e. The Morgan fingerprint density at radius 2 is 1.90 bits per heavy atom. The third-order valence-corrected chi connectivity index (χ3v) is 4.71. The van der Waals surface area contributed by atoms with Gasteiger partial charge in [0.1, 0.15) is 6.54 Å². The Balaban J connectivity index is 0.00000240. The van der Waals surface area contributed by atoms with Gasteiger partial charge >= 0.3 is 5.69 Å². The molecule has 0 aliphatic rings. The van der Waals surface area contributed by atoms with Crippen LogP contribution in [0.2, 0.25) is 0 Å². The van der Waals surface area contributed by atoms with Crippen molar-refractivity contribution in [3.63, 3.8) is 0 Å². The molecule has 10 heteroatoms. The summed E-state index contributed by atoms with van der Waals surface area (Å²) in [6.07, 6.45) is 5.43. The molecule has 0 saturated heterocycles. The molecule has 4 heterocycles. The minimum atomic E-state index is -0.384. The number of rotatable bonds is 5. The van der Waals surface area contributed by atoms with Gasteiger partial charge < -0.3 is 21.5 Å². The lowest BCUT2D eigenvalue weighted by atomic mass is 10.4. The molecule has 9 nitrogen and oxygen atoms in total. The molecule has 0 spiro atoms. The zero-order valence-corrected chi connectivity index (χ0v) is 17.6. The summed E-state index contributed by atoms with van der Waals surface area (Å²) in [6.45, 7) is 1.15. The number of aromatic nitrogens is 6. The molecule has 2 N–H and O–H groups in total. The fraction of sp³-hybridized carbons (Fsp3) is 0.211. The van der Waals surface area contributed by atoms with E-state index in [1.807, 2.05) is 48.8 Å². The van der Waals surface area contributed by atoms with Crippen molar-refractivity contribution < 1.29 is 26.5 Å². The number of aryl methyl sites for hydroxylation is 3. The van der Waals surface area contributed by atoms with Crippen molar-refractivity contribution in [3.8, 4) is 0 Å². The Kier molecular flexibility index (Phi) is 5.92. The molecule has 4 aromatic heterocycles. The molecule has 150 valence electrons. The van der Waals surface area contributed by atoms with Crippen molar-refractivity contribution >= 4 is 22.8 Å². The van der Waals surface area contributed by atoms with Crippen molar-refractivity contribution in [1.29, 1.82) is 0 Å². The fourth-order valence-corrected chi connectivity index (χ4v) is 3.18. The molecular weight excluding hydrogens is 438 g/mol. The molecule has 0 atom stereocenters. The van der Waals surface area contributed by atoms with Crippen LogP contribution in [0.4, 0.5) is 11.6 Å². The molecule has 0 amide bonds. The standard InChI is InChI=1S/C19H19N7O2.BrH/c1-23-17-16(18(27)24(2)19(23)28)26(13-21-17)12-11-25-10-6-4-8-15(25)22-14-7-3-5-9-20-14;/h3-10,13H,11-12H2,1-2H3;1H/p+1. The maximum atomic E-state index is 12.6. The molecule has 4 rings (SSSR count). The van der Waals surface area contributed by atoms with Gasteiger partial charge in [0.25, 0.3) is 17.2 Å². The third kappa shape index (κ3) is 3.83. The second-order valence-corrected chi connectivity index (χ2v) is 6.50. The maximum Gasteiger partial charge on any atom is 0.332 e. The second kappa shape index (κ2) is 8.39. The Morgan fingerprint density at radius 1 is 1.10 bits per heavy atom. The lowest BCUT2D eigenvalue weighted by Crippen LogP contribution is -3.00.